The highest BCUT2D eigenvalue weighted by Crippen LogP contribution is 2.27. The topological polar surface area (TPSA) is 34.6 Å². The highest BCUT2D eigenvalue weighted by atomic mass is 79.9. The van der Waals surface area contributed by atoms with E-state index < -0.39 is 0 Å². The van der Waals surface area contributed by atoms with Gasteiger partial charge in [-0.15, -0.1) is 0 Å². The van der Waals surface area contributed by atoms with Gasteiger partial charge >= 0.3 is 0 Å². The summed E-state index contributed by atoms with van der Waals surface area (Å²) in [5, 5.41) is 1.09. The van der Waals surface area contributed by atoms with Crippen LogP contribution in [0.1, 0.15) is 5.56 Å². The number of halogens is 1. The van der Waals surface area contributed by atoms with Crippen LogP contribution in [-0.2, 0) is 11.3 Å². The zero-order chi connectivity index (χ0) is 17.1. The molecule has 0 radical (unpaired) electrons. The molecule has 0 N–H and O–H groups in total. The molecule has 2 heterocycles. The molecule has 1 fully saturated rings. The molecule has 128 valence electrons. The van der Waals surface area contributed by atoms with E-state index in [0.717, 1.165) is 58.8 Å². The molecule has 1 saturated heterocycles. The van der Waals surface area contributed by atoms with Crippen LogP contribution in [0.3, 0.4) is 0 Å². The van der Waals surface area contributed by atoms with Crippen LogP contribution in [0.15, 0.2) is 59.1 Å². The van der Waals surface area contributed by atoms with Crippen molar-refractivity contribution >= 4 is 32.7 Å². The first kappa shape index (κ1) is 16.4. The summed E-state index contributed by atoms with van der Waals surface area (Å²) in [5.74, 6) is 1.80. The van der Waals surface area contributed by atoms with Gasteiger partial charge in [-0.1, -0.05) is 40.2 Å². The molecule has 0 bridgehead atoms. The quantitative estimate of drug-likeness (QED) is 0.651. The highest BCUT2D eigenvalue weighted by Gasteiger charge is 2.14. The highest BCUT2D eigenvalue weighted by molar-refractivity contribution is 9.10. The number of para-hydroxylation sites is 1. The number of nitrogens with zero attached hydrogens (tertiary/aromatic N) is 2. The van der Waals surface area contributed by atoms with Crippen LogP contribution in [0.5, 0.6) is 5.75 Å². The van der Waals surface area contributed by atoms with Gasteiger partial charge in [0.25, 0.3) is 0 Å². The van der Waals surface area contributed by atoms with E-state index in [1.54, 1.807) is 0 Å². The van der Waals surface area contributed by atoms with Gasteiger partial charge in [0.1, 0.15) is 23.7 Å². The van der Waals surface area contributed by atoms with E-state index in [9.17, 15) is 0 Å². The standard InChI is InChI=1S/C20H19BrN2O2/c21-17-7-4-15(5-8-17)14-25-18-3-1-2-16-6-9-19(22-20(16)18)23-10-12-24-13-11-23/h1-9H,10-14H2. The third-order valence-electron chi connectivity index (χ3n) is 4.31. The molecule has 0 aliphatic carbocycles. The van der Waals surface area contributed by atoms with Gasteiger partial charge in [-0.3, -0.25) is 0 Å². The second kappa shape index (κ2) is 7.42. The van der Waals surface area contributed by atoms with Crippen LogP contribution in [-0.4, -0.2) is 31.3 Å². The van der Waals surface area contributed by atoms with Crippen LogP contribution in [0, 0.1) is 0 Å². The molecule has 3 aromatic rings. The molecule has 2 aromatic carbocycles. The maximum atomic E-state index is 6.07. The average Bonchev–Trinajstić information content (AvgIpc) is 2.68. The lowest BCUT2D eigenvalue weighted by molar-refractivity contribution is 0.122. The lowest BCUT2D eigenvalue weighted by atomic mass is 10.2. The van der Waals surface area contributed by atoms with Gasteiger partial charge in [-0.2, -0.15) is 0 Å². The number of hydrogen-bond donors (Lipinski definition) is 0. The van der Waals surface area contributed by atoms with Crippen LogP contribution in [0.4, 0.5) is 5.82 Å². The molecular formula is C20H19BrN2O2. The van der Waals surface area contributed by atoms with Gasteiger partial charge in [-0.05, 0) is 35.9 Å². The maximum Gasteiger partial charge on any atom is 0.146 e. The number of ether oxygens (including phenoxy) is 2. The van der Waals surface area contributed by atoms with Crippen molar-refractivity contribution in [2.45, 2.75) is 6.61 Å². The SMILES string of the molecule is Brc1ccc(COc2cccc3ccc(N4CCOCC4)nc23)cc1. The minimum atomic E-state index is 0.524. The van der Waals surface area contributed by atoms with E-state index in [1.165, 1.54) is 0 Å². The van der Waals surface area contributed by atoms with Gasteiger partial charge in [0.2, 0.25) is 0 Å². The third kappa shape index (κ3) is 3.78. The molecule has 0 atom stereocenters. The minimum absolute atomic E-state index is 0.524. The first-order valence-corrected chi connectivity index (χ1v) is 9.19. The summed E-state index contributed by atoms with van der Waals surface area (Å²) in [7, 11) is 0. The predicted molar refractivity (Wildman–Crippen MR) is 103 cm³/mol. The smallest absolute Gasteiger partial charge is 0.146 e. The number of aromatic nitrogens is 1. The summed E-state index contributed by atoms with van der Waals surface area (Å²) in [6.45, 7) is 3.78. The zero-order valence-electron chi connectivity index (χ0n) is 13.8. The number of pyridine rings is 1. The van der Waals surface area contributed by atoms with Gasteiger partial charge in [0.05, 0.1) is 13.2 Å². The second-order valence-corrected chi connectivity index (χ2v) is 6.93. The van der Waals surface area contributed by atoms with Crippen molar-refractivity contribution in [3.8, 4) is 5.75 Å². The Morgan fingerprint density at radius 3 is 2.60 bits per heavy atom. The van der Waals surface area contributed by atoms with Gasteiger partial charge in [0.15, 0.2) is 0 Å². The van der Waals surface area contributed by atoms with Crippen LogP contribution < -0.4 is 9.64 Å². The molecule has 0 spiro atoms. The third-order valence-corrected chi connectivity index (χ3v) is 4.84. The molecule has 4 rings (SSSR count). The zero-order valence-corrected chi connectivity index (χ0v) is 15.4. The first-order valence-electron chi connectivity index (χ1n) is 8.39. The Morgan fingerprint density at radius 1 is 1.00 bits per heavy atom. The lowest BCUT2D eigenvalue weighted by Gasteiger charge is -2.28. The molecule has 1 aliphatic heterocycles. The van der Waals surface area contributed by atoms with Crippen molar-refractivity contribution in [1.82, 2.24) is 4.98 Å². The summed E-state index contributed by atoms with van der Waals surface area (Å²) in [6.07, 6.45) is 0. The Hall–Kier alpha value is -2.11. The molecule has 1 aliphatic rings. The van der Waals surface area contributed by atoms with E-state index in [2.05, 4.69) is 51.2 Å². The van der Waals surface area contributed by atoms with Gasteiger partial charge in [0, 0.05) is 22.9 Å². The second-order valence-electron chi connectivity index (χ2n) is 6.01. The number of benzene rings is 2. The molecule has 0 saturated carbocycles. The van der Waals surface area contributed by atoms with Crippen molar-refractivity contribution in [2.24, 2.45) is 0 Å². The molecule has 4 nitrogen and oxygen atoms in total. The summed E-state index contributed by atoms with van der Waals surface area (Å²) in [6, 6.07) is 18.4. The number of hydrogen-bond acceptors (Lipinski definition) is 4. The summed E-state index contributed by atoms with van der Waals surface area (Å²) < 4.78 is 12.6. The Morgan fingerprint density at radius 2 is 1.80 bits per heavy atom. The van der Waals surface area contributed by atoms with Crippen molar-refractivity contribution in [1.29, 1.82) is 0 Å². The van der Waals surface area contributed by atoms with Crippen molar-refractivity contribution < 1.29 is 9.47 Å². The molecular weight excluding hydrogens is 380 g/mol. The van der Waals surface area contributed by atoms with Gasteiger partial charge < -0.3 is 14.4 Å². The fourth-order valence-electron chi connectivity index (χ4n) is 2.94. The average molecular weight is 399 g/mol. The van der Waals surface area contributed by atoms with Crippen molar-refractivity contribution in [2.75, 3.05) is 31.2 Å². The summed E-state index contributed by atoms with van der Waals surface area (Å²) >= 11 is 3.46. The Kier molecular flexibility index (Phi) is 4.85. The number of anilines is 1. The minimum Gasteiger partial charge on any atom is -0.487 e. The van der Waals surface area contributed by atoms with Crippen molar-refractivity contribution in [3.63, 3.8) is 0 Å². The van der Waals surface area contributed by atoms with Crippen LogP contribution in [0.25, 0.3) is 10.9 Å². The maximum absolute atomic E-state index is 6.07. The summed E-state index contributed by atoms with van der Waals surface area (Å²) in [5.41, 5.74) is 2.04. The van der Waals surface area contributed by atoms with E-state index in [4.69, 9.17) is 14.5 Å². The van der Waals surface area contributed by atoms with Crippen molar-refractivity contribution in [3.05, 3.63) is 64.6 Å². The molecule has 0 amide bonds. The van der Waals surface area contributed by atoms with E-state index in [-0.39, 0.29) is 0 Å². The predicted octanol–water partition coefficient (Wildman–Crippen LogP) is 4.41. The number of fused-ring (bicyclic) bond motifs is 1. The lowest BCUT2D eigenvalue weighted by Crippen LogP contribution is -2.36. The molecule has 25 heavy (non-hydrogen) atoms. The number of morpholine rings is 1. The van der Waals surface area contributed by atoms with Crippen LogP contribution >= 0.6 is 15.9 Å². The Labute approximate surface area is 155 Å². The fraction of sp³-hybridized carbons (Fsp3) is 0.250. The molecule has 1 aromatic heterocycles. The largest absolute Gasteiger partial charge is 0.487 e. The van der Waals surface area contributed by atoms with Gasteiger partial charge in [-0.25, -0.2) is 4.98 Å². The summed E-state index contributed by atoms with van der Waals surface area (Å²) in [4.78, 5) is 7.12. The molecule has 0 unspecified atom stereocenters. The van der Waals surface area contributed by atoms with E-state index >= 15 is 0 Å². The fourth-order valence-corrected chi connectivity index (χ4v) is 3.20. The van der Waals surface area contributed by atoms with E-state index in [1.807, 2.05) is 24.3 Å². The normalized spacial score (nSPS) is 14.7. The van der Waals surface area contributed by atoms with E-state index in [0.29, 0.717) is 6.61 Å². The Balaban J connectivity index is 1.60. The monoisotopic (exact) mass is 398 g/mol. The van der Waals surface area contributed by atoms with Crippen LogP contribution in [0.2, 0.25) is 0 Å². The Bertz CT molecular complexity index is 861. The first-order chi connectivity index (χ1) is 12.3. The number of rotatable bonds is 4. The molecule has 5 heteroatoms.